The molecule has 9 heavy (non-hydrogen) atoms. The molecule has 0 unspecified atom stereocenters. The Morgan fingerprint density at radius 1 is 1.67 bits per heavy atom. The molecular weight excluding hydrogens is 111 g/mol. The van der Waals surface area contributed by atoms with Crippen LogP contribution in [0.4, 0.5) is 5.69 Å². The summed E-state index contributed by atoms with van der Waals surface area (Å²) in [6.07, 6.45) is 1.78. The molecule has 1 heterocycles. The molecule has 0 amide bonds. The molecule has 0 aromatic carbocycles. The summed E-state index contributed by atoms with van der Waals surface area (Å²) in [6, 6.07) is 1.87. The largest absolute Gasteiger partial charge is 0.399 e. The molecule has 2 N–H and O–H groups in total. The van der Waals surface area contributed by atoms with Gasteiger partial charge in [0.05, 0.1) is 0 Å². The third kappa shape index (κ3) is 1.22. The van der Waals surface area contributed by atoms with Gasteiger partial charge in [0.25, 0.3) is 0 Å². The molecule has 0 bridgehead atoms. The van der Waals surface area contributed by atoms with Crippen LogP contribution in [0.2, 0.25) is 0 Å². The fraction of sp³-hybridized carbons (Fsp3) is 0.167. The van der Waals surface area contributed by atoms with Crippen molar-refractivity contribution >= 4 is 19.0 Å². The minimum Gasteiger partial charge on any atom is -0.399 e. The summed E-state index contributed by atoms with van der Waals surface area (Å²) < 4.78 is 0. The number of nitrogens with zero attached hydrogens (tertiary/aromatic N) is 1. The van der Waals surface area contributed by atoms with E-state index in [-0.39, 0.29) is 0 Å². The number of aryl methyl sites for hydroxylation is 1. The Hall–Kier alpha value is -0.985. The molecule has 3 heteroatoms. The van der Waals surface area contributed by atoms with Crippen LogP contribution in [0, 0.1) is 6.92 Å². The van der Waals surface area contributed by atoms with E-state index in [9.17, 15) is 0 Å². The van der Waals surface area contributed by atoms with Crippen LogP contribution in [0.25, 0.3) is 0 Å². The average Bonchev–Trinajstić information content (AvgIpc) is 1.80. The predicted molar refractivity (Wildman–Crippen MR) is 41.6 cm³/mol. The van der Waals surface area contributed by atoms with Crippen LogP contribution in [-0.4, -0.2) is 12.8 Å². The van der Waals surface area contributed by atoms with Crippen molar-refractivity contribution in [3.8, 4) is 0 Å². The van der Waals surface area contributed by atoms with E-state index in [4.69, 9.17) is 5.73 Å². The van der Waals surface area contributed by atoms with Gasteiger partial charge < -0.3 is 5.73 Å². The Labute approximate surface area is 55.5 Å². The summed E-state index contributed by atoms with van der Waals surface area (Å²) in [4.78, 5) is 4.06. The molecule has 0 spiro atoms. The van der Waals surface area contributed by atoms with Gasteiger partial charge in [0.15, 0.2) is 0 Å². The van der Waals surface area contributed by atoms with Crippen molar-refractivity contribution in [3.63, 3.8) is 0 Å². The Morgan fingerprint density at radius 2 is 2.33 bits per heavy atom. The number of nitrogens with two attached hydrogens (primary N) is 1. The first-order chi connectivity index (χ1) is 4.20. The first-order valence-corrected chi connectivity index (χ1v) is 2.89. The molecule has 46 valence electrons. The Balaban J connectivity index is 3.17. The number of nitrogen functional groups attached to an aromatic ring is 1. The van der Waals surface area contributed by atoms with E-state index >= 15 is 0 Å². The van der Waals surface area contributed by atoms with Gasteiger partial charge in [-0.3, -0.25) is 4.98 Å². The van der Waals surface area contributed by atoms with Crippen LogP contribution in [0.5, 0.6) is 0 Å². The average molecular weight is 120 g/mol. The Morgan fingerprint density at radius 3 is 2.78 bits per heavy atom. The number of aromatic nitrogens is 1. The third-order valence-electron chi connectivity index (χ3n) is 1.28. The van der Waals surface area contributed by atoms with E-state index in [1.807, 2.05) is 20.8 Å². The lowest BCUT2D eigenvalue weighted by Crippen LogP contribution is -2.10. The van der Waals surface area contributed by atoms with Crippen LogP contribution >= 0.6 is 0 Å². The van der Waals surface area contributed by atoms with Crippen molar-refractivity contribution in [2.24, 2.45) is 0 Å². The highest BCUT2D eigenvalue weighted by molar-refractivity contribution is 6.35. The van der Waals surface area contributed by atoms with Crippen molar-refractivity contribution in [2.75, 3.05) is 5.73 Å². The fourth-order valence-corrected chi connectivity index (χ4v) is 0.649. The zero-order chi connectivity index (χ0) is 6.85. The van der Waals surface area contributed by atoms with Crippen LogP contribution in [0.15, 0.2) is 12.3 Å². The first-order valence-electron chi connectivity index (χ1n) is 2.89. The zero-order valence-corrected chi connectivity index (χ0v) is 5.68. The molecular formula is C6H9BN2. The van der Waals surface area contributed by atoms with E-state index in [2.05, 4.69) is 4.98 Å². The van der Waals surface area contributed by atoms with E-state index < -0.39 is 0 Å². The quantitative estimate of drug-likeness (QED) is 0.456. The van der Waals surface area contributed by atoms with Gasteiger partial charge >= 0.3 is 0 Å². The van der Waals surface area contributed by atoms with Crippen LogP contribution in [-0.2, 0) is 0 Å². The molecule has 0 aliphatic rings. The van der Waals surface area contributed by atoms with Crippen molar-refractivity contribution in [1.82, 2.24) is 4.98 Å². The standard InChI is InChI=1S/C6H9BN2/c1-4-2-6(8)5(7)3-9-4/h2-3H,7H2,1H3,(H2,8,9). The van der Waals surface area contributed by atoms with Crippen LogP contribution < -0.4 is 11.2 Å². The molecule has 0 aliphatic heterocycles. The topological polar surface area (TPSA) is 38.9 Å². The van der Waals surface area contributed by atoms with Gasteiger partial charge in [0.1, 0.15) is 7.85 Å². The Bertz CT molecular complexity index is 222. The molecule has 0 fully saturated rings. The number of hydrogen-bond acceptors (Lipinski definition) is 2. The lowest BCUT2D eigenvalue weighted by molar-refractivity contribution is 1.22. The minimum absolute atomic E-state index is 0.822. The lowest BCUT2D eigenvalue weighted by atomic mass is 9.96. The summed E-state index contributed by atoms with van der Waals surface area (Å²) in [5, 5.41) is 0. The summed E-state index contributed by atoms with van der Waals surface area (Å²) in [5.41, 5.74) is 8.42. The second-order valence-corrected chi connectivity index (χ2v) is 2.18. The molecule has 1 aromatic rings. The van der Waals surface area contributed by atoms with Gasteiger partial charge in [-0.05, 0) is 18.5 Å². The maximum absolute atomic E-state index is 5.58. The molecule has 0 atom stereocenters. The van der Waals surface area contributed by atoms with Gasteiger partial charge in [0.2, 0.25) is 0 Å². The van der Waals surface area contributed by atoms with E-state index in [0.29, 0.717) is 0 Å². The normalized spacial score (nSPS) is 9.44. The maximum Gasteiger partial charge on any atom is 0.144 e. The third-order valence-corrected chi connectivity index (χ3v) is 1.28. The van der Waals surface area contributed by atoms with Gasteiger partial charge in [0, 0.05) is 17.6 Å². The number of rotatable bonds is 0. The summed E-state index contributed by atoms with van der Waals surface area (Å²) in [7, 11) is 1.95. The van der Waals surface area contributed by atoms with E-state index in [0.717, 1.165) is 16.8 Å². The monoisotopic (exact) mass is 120 g/mol. The van der Waals surface area contributed by atoms with Gasteiger partial charge in [-0.15, -0.1) is 0 Å². The Kier molecular flexibility index (Phi) is 1.43. The second kappa shape index (κ2) is 2.09. The van der Waals surface area contributed by atoms with Gasteiger partial charge in [-0.2, -0.15) is 0 Å². The summed E-state index contributed by atoms with van der Waals surface area (Å²) in [5.74, 6) is 0. The lowest BCUT2D eigenvalue weighted by Gasteiger charge is -1.97. The van der Waals surface area contributed by atoms with E-state index in [1.165, 1.54) is 0 Å². The van der Waals surface area contributed by atoms with Crippen molar-refractivity contribution in [3.05, 3.63) is 18.0 Å². The fourth-order valence-electron chi connectivity index (χ4n) is 0.649. The SMILES string of the molecule is Bc1cnc(C)cc1N. The number of hydrogen-bond donors (Lipinski definition) is 1. The van der Waals surface area contributed by atoms with Crippen molar-refractivity contribution in [2.45, 2.75) is 6.92 Å². The van der Waals surface area contributed by atoms with Crippen LogP contribution in [0.3, 0.4) is 0 Å². The molecule has 1 aromatic heterocycles. The number of anilines is 1. The highest BCUT2D eigenvalue weighted by Crippen LogP contribution is 1.96. The van der Waals surface area contributed by atoms with Crippen LogP contribution in [0.1, 0.15) is 5.69 Å². The van der Waals surface area contributed by atoms with Crippen molar-refractivity contribution < 1.29 is 0 Å². The minimum atomic E-state index is 0.822. The van der Waals surface area contributed by atoms with E-state index in [1.54, 1.807) is 6.20 Å². The molecule has 0 radical (unpaired) electrons. The molecule has 0 aliphatic carbocycles. The maximum atomic E-state index is 5.58. The van der Waals surface area contributed by atoms with Crippen molar-refractivity contribution in [1.29, 1.82) is 0 Å². The van der Waals surface area contributed by atoms with Gasteiger partial charge in [-0.1, -0.05) is 0 Å². The summed E-state index contributed by atoms with van der Waals surface area (Å²) in [6.45, 7) is 1.93. The zero-order valence-electron chi connectivity index (χ0n) is 5.68. The molecule has 0 saturated carbocycles. The highest BCUT2D eigenvalue weighted by atomic mass is 14.7. The second-order valence-electron chi connectivity index (χ2n) is 2.18. The molecule has 0 saturated heterocycles. The first kappa shape index (κ1) is 6.14. The van der Waals surface area contributed by atoms with Gasteiger partial charge in [-0.25, -0.2) is 0 Å². The highest BCUT2D eigenvalue weighted by Gasteiger charge is 1.91. The number of pyridine rings is 1. The molecule has 2 nitrogen and oxygen atoms in total. The predicted octanol–water partition coefficient (Wildman–Crippen LogP) is -0.769. The summed E-state index contributed by atoms with van der Waals surface area (Å²) >= 11 is 0. The smallest absolute Gasteiger partial charge is 0.144 e. The molecule has 1 rings (SSSR count).